The maximum atomic E-state index is 5.25. The van der Waals surface area contributed by atoms with Gasteiger partial charge in [0.15, 0.2) is 11.6 Å². The summed E-state index contributed by atoms with van der Waals surface area (Å²) in [4.78, 5) is 4.20. The molecule has 3 aromatic heterocycles. The summed E-state index contributed by atoms with van der Waals surface area (Å²) in [6, 6.07) is 6.28. The lowest BCUT2D eigenvalue weighted by molar-refractivity contribution is 0.397. The van der Waals surface area contributed by atoms with E-state index in [4.69, 9.17) is 14.9 Å². The molecule has 1 aliphatic heterocycles. The number of methoxy groups -OCH3 is 1. The van der Waals surface area contributed by atoms with Crippen LogP contribution in [-0.4, -0.2) is 42.5 Å². The molecule has 0 bridgehead atoms. The van der Waals surface area contributed by atoms with E-state index >= 15 is 0 Å². The molecule has 2 unspecified atom stereocenters. The molecule has 0 spiro atoms. The summed E-state index contributed by atoms with van der Waals surface area (Å²) in [5, 5.41) is 17.8. The van der Waals surface area contributed by atoms with E-state index in [0.717, 1.165) is 48.0 Å². The maximum absolute atomic E-state index is 5.25. The van der Waals surface area contributed by atoms with E-state index < -0.39 is 0 Å². The van der Waals surface area contributed by atoms with Gasteiger partial charge < -0.3 is 4.74 Å². The van der Waals surface area contributed by atoms with Crippen molar-refractivity contribution in [2.75, 3.05) is 7.11 Å². The SMILES string of the molecule is COc1cc(C2CC2c2cc(C3=Nn4c(C)nnc4CC3)n(C)n2)ccn1. The Balaban J connectivity index is 1.41. The van der Waals surface area contributed by atoms with Crippen molar-refractivity contribution >= 4 is 5.71 Å². The average molecular weight is 363 g/mol. The molecule has 2 atom stereocenters. The molecule has 2 aliphatic rings. The predicted molar refractivity (Wildman–Crippen MR) is 99.1 cm³/mol. The molecule has 4 heterocycles. The first-order valence-electron chi connectivity index (χ1n) is 9.17. The van der Waals surface area contributed by atoms with Gasteiger partial charge in [0.2, 0.25) is 5.88 Å². The van der Waals surface area contributed by atoms with Crippen LogP contribution in [0.4, 0.5) is 0 Å². The molecule has 0 amide bonds. The lowest BCUT2D eigenvalue weighted by Crippen LogP contribution is -2.17. The molecule has 0 radical (unpaired) electrons. The highest BCUT2D eigenvalue weighted by atomic mass is 16.5. The minimum atomic E-state index is 0.438. The summed E-state index contributed by atoms with van der Waals surface area (Å²) >= 11 is 0. The van der Waals surface area contributed by atoms with Crippen LogP contribution in [0.3, 0.4) is 0 Å². The topological polar surface area (TPSA) is 83.0 Å². The zero-order chi connectivity index (χ0) is 18.5. The third-order valence-corrected chi connectivity index (χ3v) is 5.43. The highest BCUT2D eigenvalue weighted by molar-refractivity contribution is 5.99. The molecule has 138 valence electrons. The molecule has 0 saturated heterocycles. The molecule has 8 heteroatoms. The minimum Gasteiger partial charge on any atom is -0.481 e. The molecule has 5 rings (SSSR count). The minimum absolute atomic E-state index is 0.438. The van der Waals surface area contributed by atoms with Gasteiger partial charge in [-0.1, -0.05) is 0 Å². The van der Waals surface area contributed by atoms with Crippen LogP contribution in [0.1, 0.15) is 53.3 Å². The lowest BCUT2D eigenvalue weighted by atomic mass is 10.1. The Labute approximate surface area is 156 Å². The van der Waals surface area contributed by atoms with E-state index in [9.17, 15) is 0 Å². The number of hydrogen-bond acceptors (Lipinski definition) is 6. The van der Waals surface area contributed by atoms with Crippen molar-refractivity contribution in [2.24, 2.45) is 12.1 Å². The smallest absolute Gasteiger partial charge is 0.213 e. The second-order valence-electron chi connectivity index (χ2n) is 7.18. The van der Waals surface area contributed by atoms with Gasteiger partial charge in [0.25, 0.3) is 0 Å². The molecule has 1 aliphatic carbocycles. The van der Waals surface area contributed by atoms with E-state index in [1.165, 1.54) is 5.56 Å². The van der Waals surface area contributed by atoms with Crippen LogP contribution in [0.15, 0.2) is 29.5 Å². The summed E-state index contributed by atoms with van der Waals surface area (Å²) in [7, 11) is 3.64. The van der Waals surface area contributed by atoms with Crippen molar-refractivity contribution in [1.29, 1.82) is 0 Å². The Bertz CT molecular complexity index is 1050. The van der Waals surface area contributed by atoms with Gasteiger partial charge >= 0.3 is 0 Å². The van der Waals surface area contributed by atoms with Gasteiger partial charge in [-0.15, -0.1) is 10.2 Å². The largest absolute Gasteiger partial charge is 0.481 e. The van der Waals surface area contributed by atoms with Gasteiger partial charge in [-0.25, -0.2) is 9.66 Å². The highest BCUT2D eigenvalue weighted by Crippen LogP contribution is 2.54. The number of ether oxygens (including phenoxy) is 1. The van der Waals surface area contributed by atoms with Crippen LogP contribution < -0.4 is 4.74 Å². The summed E-state index contributed by atoms with van der Waals surface area (Å²) in [6.45, 7) is 1.93. The van der Waals surface area contributed by atoms with Crippen molar-refractivity contribution < 1.29 is 4.74 Å². The quantitative estimate of drug-likeness (QED) is 0.710. The number of hydrogen-bond donors (Lipinski definition) is 0. The van der Waals surface area contributed by atoms with Crippen molar-refractivity contribution in [3.8, 4) is 5.88 Å². The van der Waals surface area contributed by atoms with Crippen LogP contribution in [0, 0.1) is 6.92 Å². The molecule has 8 nitrogen and oxygen atoms in total. The maximum Gasteiger partial charge on any atom is 0.213 e. The Kier molecular flexibility index (Phi) is 3.60. The standard InChI is InChI=1S/C19H21N7O/c1-11-21-22-18-5-4-15(24-26(11)18)17-10-16(23-25(17)2)14-9-13(14)12-6-7-20-19(8-12)27-3/h6-8,10,13-14H,4-5,9H2,1-3H3. The number of pyridine rings is 1. The highest BCUT2D eigenvalue weighted by Gasteiger charge is 2.42. The van der Waals surface area contributed by atoms with Crippen molar-refractivity contribution in [2.45, 2.75) is 38.0 Å². The Hall–Kier alpha value is -3.03. The fourth-order valence-corrected chi connectivity index (χ4v) is 3.87. The van der Waals surface area contributed by atoms with Gasteiger partial charge in [-0.3, -0.25) is 4.68 Å². The second kappa shape index (κ2) is 6.00. The fourth-order valence-electron chi connectivity index (χ4n) is 3.87. The predicted octanol–water partition coefficient (Wildman–Crippen LogP) is 2.19. The summed E-state index contributed by atoms with van der Waals surface area (Å²) in [6.07, 6.45) is 4.61. The Morgan fingerprint density at radius 3 is 2.89 bits per heavy atom. The first kappa shape index (κ1) is 16.2. The van der Waals surface area contributed by atoms with E-state index in [2.05, 4.69) is 27.3 Å². The van der Waals surface area contributed by atoms with Gasteiger partial charge in [-0.05, 0) is 37.0 Å². The van der Waals surface area contributed by atoms with Crippen molar-refractivity contribution in [1.82, 2.24) is 29.6 Å². The third-order valence-electron chi connectivity index (χ3n) is 5.43. The van der Waals surface area contributed by atoms with Gasteiger partial charge in [0.1, 0.15) is 0 Å². The molecule has 27 heavy (non-hydrogen) atoms. The first-order valence-corrected chi connectivity index (χ1v) is 9.17. The number of fused-ring (bicyclic) bond motifs is 1. The number of aromatic nitrogens is 6. The van der Waals surface area contributed by atoms with Crippen LogP contribution in [0.2, 0.25) is 0 Å². The average Bonchev–Trinajstić information content (AvgIpc) is 3.29. The molecule has 1 fully saturated rings. The van der Waals surface area contributed by atoms with Gasteiger partial charge in [0.05, 0.1) is 24.2 Å². The molecule has 1 saturated carbocycles. The van der Waals surface area contributed by atoms with Crippen LogP contribution in [0.25, 0.3) is 0 Å². The summed E-state index contributed by atoms with van der Waals surface area (Å²) in [5.74, 6) is 3.32. The van der Waals surface area contributed by atoms with Gasteiger partial charge in [-0.2, -0.15) is 10.2 Å². The van der Waals surface area contributed by atoms with E-state index in [-0.39, 0.29) is 0 Å². The first-order chi connectivity index (χ1) is 13.1. The normalized spacial score (nSPS) is 20.9. The zero-order valence-electron chi connectivity index (χ0n) is 15.6. The van der Waals surface area contributed by atoms with E-state index in [0.29, 0.717) is 17.7 Å². The molecule has 0 N–H and O–H groups in total. The molecular weight excluding hydrogens is 342 g/mol. The fraction of sp³-hybridized carbons (Fsp3) is 0.421. The molecule has 3 aromatic rings. The van der Waals surface area contributed by atoms with Crippen LogP contribution >= 0.6 is 0 Å². The van der Waals surface area contributed by atoms with Crippen molar-refractivity contribution in [3.63, 3.8) is 0 Å². The number of aryl methyl sites for hydroxylation is 3. The van der Waals surface area contributed by atoms with Crippen LogP contribution in [-0.2, 0) is 13.5 Å². The third kappa shape index (κ3) is 2.72. The van der Waals surface area contributed by atoms with Crippen LogP contribution in [0.5, 0.6) is 5.88 Å². The zero-order valence-corrected chi connectivity index (χ0v) is 15.6. The summed E-state index contributed by atoms with van der Waals surface area (Å²) in [5.41, 5.74) is 4.50. The van der Waals surface area contributed by atoms with Gasteiger partial charge in [0, 0.05) is 38.1 Å². The number of nitrogens with zero attached hydrogens (tertiary/aromatic N) is 7. The Morgan fingerprint density at radius 2 is 2.04 bits per heavy atom. The van der Waals surface area contributed by atoms with Crippen molar-refractivity contribution in [3.05, 3.63) is 53.0 Å². The summed E-state index contributed by atoms with van der Waals surface area (Å²) < 4.78 is 9.04. The van der Waals surface area contributed by atoms with E-state index in [1.807, 2.05) is 35.6 Å². The molecule has 0 aromatic carbocycles. The second-order valence-corrected chi connectivity index (χ2v) is 7.18. The molecular formula is C19H21N7O. The van der Waals surface area contributed by atoms with E-state index in [1.54, 1.807) is 7.11 Å². The number of rotatable bonds is 4. The lowest BCUT2D eigenvalue weighted by Gasteiger charge is -2.13. The Morgan fingerprint density at radius 1 is 1.15 bits per heavy atom. The monoisotopic (exact) mass is 363 g/mol.